The van der Waals surface area contributed by atoms with Crippen LogP contribution in [0, 0.1) is 0 Å². The molecule has 1 heterocycles. The monoisotopic (exact) mass is 262 g/mol. The van der Waals surface area contributed by atoms with Gasteiger partial charge in [-0.25, -0.2) is 9.78 Å². The second-order valence-corrected chi connectivity index (χ2v) is 4.35. The Kier molecular flexibility index (Phi) is 3.89. The van der Waals surface area contributed by atoms with Gasteiger partial charge in [-0.3, -0.25) is 0 Å². The van der Waals surface area contributed by atoms with E-state index in [0.717, 1.165) is 29.7 Å². The zero-order valence-corrected chi connectivity index (χ0v) is 10.9. The summed E-state index contributed by atoms with van der Waals surface area (Å²) in [5.74, 6) is 0.969. The highest BCUT2D eigenvalue weighted by Crippen LogP contribution is 2.20. The molecular formula is C13H18N4O2. The lowest BCUT2D eigenvalue weighted by atomic mass is 10.3. The number of ether oxygens (including phenoxy) is 1. The molecule has 6 heteroatoms. The van der Waals surface area contributed by atoms with Crippen LogP contribution < -0.4 is 11.5 Å². The highest BCUT2D eigenvalue weighted by atomic mass is 16.5. The van der Waals surface area contributed by atoms with E-state index in [1.165, 1.54) is 0 Å². The summed E-state index contributed by atoms with van der Waals surface area (Å²) in [5, 5.41) is 0. The summed E-state index contributed by atoms with van der Waals surface area (Å²) < 4.78 is 6.83. The van der Waals surface area contributed by atoms with Gasteiger partial charge in [0, 0.05) is 12.1 Å². The fourth-order valence-corrected chi connectivity index (χ4v) is 2.10. The third kappa shape index (κ3) is 2.96. The maximum atomic E-state index is 10.6. The molecule has 1 amide bonds. The molecule has 1 aromatic carbocycles. The van der Waals surface area contributed by atoms with E-state index in [0.29, 0.717) is 12.2 Å². The molecule has 0 aliphatic heterocycles. The zero-order valence-electron chi connectivity index (χ0n) is 10.9. The van der Waals surface area contributed by atoms with Crippen molar-refractivity contribution in [3.63, 3.8) is 0 Å². The number of aromatic nitrogens is 2. The van der Waals surface area contributed by atoms with E-state index in [2.05, 4.69) is 11.9 Å². The zero-order chi connectivity index (χ0) is 13.8. The standard InChI is InChI=1S/C13H18N4O2/c1-2-3-12-16-10-8-9(14)4-5-11(10)17(12)6-7-19-13(15)18/h4-5,8H,2-3,6-7,14H2,1H3,(H2,15,18). The minimum Gasteiger partial charge on any atom is -0.448 e. The van der Waals surface area contributed by atoms with Gasteiger partial charge in [0.1, 0.15) is 12.4 Å². The molecule has 0 bridgehead atoms. The van der Waals surface area contributed by atoms with Crippen LogP contribution in [0.1, 0.15) is 19.2 Å². The molecule has 0 saturated carbocycles. The van der Waals surface area contributed by atoms with Crippen molar-refractivity contribution in [3.8, 4) is 0 Å². The molecule has 102 valence electrons. The summed E-state index contributed by atoms with van der Waals surface area (Å²) in [6.07, 6.45) is 1.10. The molecule has 2 aromatic rings. The molecule has 0 spiro atoms. The molecule has 1 aromatic heterocycles. The van der Waals surface area contributed by atoms with Crippen LogP contribution in [0.15, 0.2) is 18.2 Å². The van der Waals surface area contributed by atoms with Gasteiger partial charge in [0.15, 0.2) is 0 Å². The van der Waals surface area contributed by atoms with Gasteiger partial charge in [-0.2, -0.15) is 0 Å². The van der Waals surface area contributed by atoms with E-state index in [-0.39, 0.29) is 6.61 Å². The average molecular weight is 262 g/mol. The van der Waals surface area contributed by atoms with Crippen molar-refractivity contribution in [2.45, 2.75) is 26.3 Å². The summed E-state index contributed by atoms with van der Waals surface area (Å²) in [5.41, 5.74) is 13.3. The highest BCUT2D eigenvalue weighted by Gasteiger charge is 2.10. The minimum atomic E-state index is -0.759. The van der Waals surface area contributed by atoms with Crippen molar-refractivity contribution in [1.82, 2.24) is 9.55 Å². The molecule has 19 heavy (non-hydrogen) atoms. The summed E-state index contributed by atoms with van der Waals surface area (Å²) in [6.45, 7) is 2.87. The average Bonchev–Trinajstić information content (AvgIpc) is 2.66. The van der Waals surface area contributed by atoms with Crippen molar-refractivity contribution in [3.05, 3.63) is 24.0 Å². The van der Waals surface area contributed by atoms with E-state index in [4.69, 9.17) is 16.2 Å². The summed E-state index contributed by atoms with van der Waals surface area (Å²) >= 11 is 0. The number of nitrogen functional groups attached to an aromatic ring is 1. The topological polar surface area (TPSA) is 96.2 Å². The van der Waals surface area contributed by atoms with Gasteiger partial charge < -0.3 is 20.8 Å². The molecule has 0 unspecified atom stereocenters. The lowest BCUT2D eigenvalue weighted by Crippen LogP contribution is -2.17. The Hall–Kier alpha value is -2.24. The van der Waals surface area contributed by atoms with E-state index in [1.54, 1.807) is 0 Å². The molecule has 0 atom stereocenters. The van der Waals surface area contributed by atoms with Gasteiger partial charge in [-0.15, -0.1) is 0 Å². The maximum absolute atomic E-state index is 10.6. The largest absolute Gasteiger partial charge is 0.448 e. The van der Waals surface area contributed by atoms with Gasteiger partial charge in [-0.05, 0) is 24.6 Å². The Morgan fingerprint density at radius 1 is 1.47 bits per heavy atom. The minimum absolute atomic E-state index is 0.238. The SMILES string of the molecule is CCCc1nc2cc(N)ccc2n1CCOC(N)=O. The number of carbonyl (C=O) groups excluding carboxylic acids is 1. The predicted octanol–water partition coefficient (Wildman–Crippen LogP) is 1.67. The second-order valence-electron chi connectivity index (χ2n) is 4.35. The molecule has 0 aliphatic carbocycles. The number of hydrogen-bond acceptors (Lipinski definition) is 4. The maximum Gasteiger partial charge on any atom is 0.404 e. The fourth-order valence-electron chi connectivity index (χ4n) is 2.10. The highest BCUT2D eigenvalue weighted by molar-refractivity contribution is 5.79. The van der Waals surface area contributed by atoms with Gasteiger partial charge in [0.25, 0.3) is 0 Å². The van der Waals surface area contributed by atoms with Crippen molar-refractivity contribution in [2.75, 3.05) is 12.3 Å². The molecule has 0 fully saturated rings. The molecule has 0 saturated heterocycles. The Labute approximate surface area is 111 Å². The molecule has 2 rings (SSSR count). The number of imidazole rings is 1. The van der Waals surface area contributed by atoms with Crippen LogP contribution in [0.3, 0.4) is 0 Å². The Morgan fingerprint density at radius 3 is 2.95 bits per heavy atom. The fraction of sp³-hybridized carbons (Fsp3) is 0.385. The Balaban J connectivity index is 2.31. The Morgan fingerprint density at radius 2 is 2.26 bits per heavy atom. The number of nitrogens with two attached hydrogens (primary N) is 2. The van der Waals surface area contributed by atoms with Crippen LogP contribution in [-0.2, 0) is 17.7 Å². The van der Waals surface area contributed by atoms with Crippen LogP contribution in [0.25, 0.3) is 11.0 Å². The van der Waals surface area contributed by atoms with Gasteiger partial charge in [-0.1, -0.05) is 6.92 Å². The number of hydrogen-bond donors (Lipinski definition) is 2. The van der Waals surface area contributed by atoms with Crippen molar-refractivity contribution >= 4 is 22.8 Å². The number of nitrogens with zero attached hydrogens (tertiary/aromatic N) is 2. The summed E-state index contributed by atoms with van der Waals surface area (Å²) in [4.78, 5) is 15.2. The second kappa shape index (κ2) is 5.60. The molecular weight excluding hydrogens is 244 g/mol. The van der Waals surface area contributed by atoms with Crippen molar-refractivity contribution < 1.29 is 9.53 Å². The number of amides is 1. The van der Waals surface area contributed by atoms with Crippen molar-refractivity contribution in [2.24, 2.45) is 5.73 Å². The first kappa shape index (κ1) is 13.2. The van der Waals surface area contributed by atoms with E-state index in [1.807, 2.05) is 22.8 Å². The van der Waals surface area contributed by atoms with Gasteiger partial charge >= 0.3 is 6.09 Å². The smallest absolute Gasteiger partial charge is 0.404 e. The molecule has 4 N–H and O–H groups in total. The number of fused-ring (bicyclic) bond motifs is 1. The molecule has 0 radical (unpaired) electrons. The number of primary amides is 1. The normalized spacial score (nSPS) is 10.8. The first-order valence-electron chi connectivity index (χ1n) is 6.28. The van der Waals surface area contributed by atoms with E-state index in [9.17, 15) is 4.79 Å². The predicted molar refractivity (Wildman–Crippen MR) is 73.7 cm³/mol. The lowest BCUT2D eigenvalue weighted by molar-refractivity contribution is 0.152. The Bertz CT molecular complexity index is 592. The van der Waals surface area contributed by atoms with Gasteiger partial charge in [0.05, 0.1) is 17.6 Å². The van der Waals surface area contributed by atoms with Crippen LogP contribution in [0.2, 0.25) is 0 Å². The summed E-state index contributed by atoms with van der Waals surface area (Å²) in [7, 11) is 0. The van der Waals surface area contributed by atoms with Crippen LogP contribution in [0.4, 0.5) is 10.5 Å². The third-order valence-corrected chi connectivity index (χ3v) is 2.88. The van der Waals surface area contributed by atoms with Gasteiger partial charge in [0.2, 0.25) is 0 Å². The van der Waals surface area contributed by atoms with Crippen LogP contribution >= 0.6 is 0 Å². The lowest BCUT2D eigenvalue weighted by Gasteiger charge is -2.08. The van der Waals surface area contributed by atoms with E-state index < -0.39 is 6.09 Å². The van der Waals surface area contributed by atoms with Crippen LogP contribution in [0.5, 0.6) is 0 Å². The summed E-state index contributed by atoms with van der Waals surface area (Å²) in [6, 6.07) is 5.62. The number of aryl methyl sites for hydroxylation is 1. The quantitative estimate of drug-likeness (QED) is 0.801. The first-order valence-corrected chi connectivity index (χ1v) is 6.28. The number of anilines is 1. The number of rotatable bonds is 5. The van der Waals surface area contributed by atoms with Crippen LogP contribution in [-0.4, -0.2) is 22.3 Å². The van der Waals surface area contributed by atoms with E-state index >= 15 is 0 Å². The first-order chi connectivity index (χ1) is 9.11. The number of benzene rings is 1. The van der Waals surface area contributed by atoms with Crippen molar-refractivity contribution in [1.29, 1.82) is 0 Å². The molecule has 0 aliphatic rings. The third-order valence-electron chi connectivity index (χ3n) is 2.88. The number of carbonyl (C=O) groups is 1. The molecule has 6 nitrogen and oxygen atoms in total.